The number of fused-ring (bicyclic) bond motifs is 1. The van der Waals surface area contributed by atoms with Crippen molar-refractivity contribution in [3.63, 3.8) is 0 Å². The van der Waals surface area contributed by atoms with Crippen LogP contribution in [-0.4, -0.2) is 50.8 Å². The Hall–Kier alpha value is -2.32. The average Bonchev–Trinajstić information content (AvgIpc) is 2.58. The van der Waals surface area contributed by atoms with Gasteiger partial charge in [-0.05, 0) is 38.2 Å². The van der Waals surface area contributed by atoms with Crippen molar-refractivity contribution in [1.82, 2.24) is 14.5 Å². The highest BCUT2D eigenvalue weighted by Crippen LogP contribution is 2.33. The molecule has 0 aromatic carbocycles. The molecule has 4 rings (SSSR count). The summed E-state index contributed by atoms with van der Waals surface area (Å²) in [6.45, 7) is 4.05. The highest BCUT2D eigenvalue weighted by Gasteiger charge is 2.28. The van der Waals surface area contributed by atoms with E-state index in [1.54, 1.807) is 17.6 Å². The largest absolute Gasteiger partial charge is 0.389 e. The fourth-order valence-corrected chi connectivity index (χ4v) is 3.79. The van der Waals surface area contributed by atoms with E-state index in [0.29, 0.717) is 35.3 Å². The number of hydrogen-bond donors (Lipinski definition) is 2. The van der Waals surface area contributed by atoms with E-state index >= 15 is 0 Å². The predicted molar refractivity (Wildman–Crippen MR) is 100 cm³/mol. The van der Waals surface area contributed by atoms with Crippen LogP contribution < -0.4 is 10.9 Å². The molecule has 1 aliphatic carbocycles. The van der Waals surface area contributed by atoms with Crippen LogP contribution in [0.25, 0.3) is 11.0 Å². The van der Waals surface area contributed by atoms with Gasteiger partial charge in [0.25, 0.3) is 5.56 Å². The molecule has 144 valence electrons. The van der Waals surface area contributed by atoms with E-state index in [0.717, 1.165) is 19.3 Å². The van der Waals surface area contributed by atoms with Crippen LogP contribution in [0.2, 0.25) is 0 Å². The molecule has 0 unspecified atom stereocenters. The SMILES string of the molecule is CC(=O)c1nc(N[C@@H]2CCOC[C@H]2O)nc2c1c(C)cc(=O)n2C1CCC1. The maximum absolute atomic E-state index is 12.7. The van der Waals surface area contributed by atoms with Gasteiger partial charge >= 0.3 is 0 Å². The molecule has 0 spiro atoms. The molecule has 2 fully saturated rings. The third-order valence-corrected chi connectivity index (χ3v) is 5.50. The van der Waals surface area contributed by atoms with Crippen LogP contribution in [0.4, 0.5) is 5.95 Å². The van der Waals surface area contributed by atoms with E-state index in [2.05, 4.69) is 15.3 Å². The lowest BCUT2D eigenvalue weighted by molar-refractivity contribution is -0.0136. The van der Waals surface area contributed by atoms with E-state index in [-0.39, 0.29) is 36.0 Å². The van der Waals surface area contributed by atoms with Crippen molar-refractivity contribution >= 4 is 22.8 Å². The van der Waals surface area contributed by atoms with Gasteiger partial charge in [0, 0.05) is 25.6 Å². The van der Waals surface area contributed by atoms with Crippen molar-refractivity contribution in [2.45, 2.75) is 57.7 Å². The lowest BCUT2D eigenvalue weighted by Gasteiger charge is -2.30. The van der Waals surface area contributed by atoms with Crippen molar-refractivity contribution < 1.29 is 14.6 Å². The number of hydrogen-bond acceptors (Lipinski definition) is 7. The standard InChI is InChI=1S/C19H24N4O4/c1-10-8-15(26)23(12-4-3-5-12)18-16(10)17(11(2)24)21-19(22-18)20-13-6-7-27-9-14(13)25/h8,12-14,25H,3-7,9H2,1-2H3,(H,20,21,22)/t13-,14-/m1/s1. The Balaban J connectivity index is 1.88. The fourth-order valence-electron chi connectivity index (χ4n) is 3.79. The van der Waals surface area contributed by atoms with Gasteiger partial charge in [-0.1, -0.05) is 0 Å². The monoisotopic (exact) mass is 372 g/mol. The zero-order valence-electron chi connectivity index (χ0n) is 15.6. The van der Waals surface area contributed by atoms with Gasteiger partial charge in [0.15, 0.2) is 5.78 Å². The molecule has 8 nitrogen and oxygen atoms in total. The van der Waals surface area contributed by atoms with Gasteiger partial charge in [0.05, 0.1) is 24.1 Å². The predicted octanol–water partition coefficient (Wildman–Crippen LogP) is 1.59. The maximum Gasteiger partial charge on any atom is 0.252 e. The number of aliphatic hydroxyl groups excluding tert-OH is 1. The first-order valence-electron chi connectivity index (χ1n) is 9.43. The smallest absolute Gasteiger partial charge is 0.252 e. The Morgan fingerprint density at radius 2 is 2.11 bits per heavy atom. The van der Waals surface area contributed by atoms with E-state index in [1.165, 1.54) is 6.92 Å². The summed E-state index contributed by atoms with van der Waals surface area (Å²) in [4.78, 5) is 34.0. The van der Waals surface area contributed by atoms with Gasteiger partial charge in [-0.25, -0.2) is 4.98 Å². The van der Waals surface area contributed by atoms with E-state index in [4.69, 9.17) is 4.74 Å². The minimum absolute atomic E-state index is 0.102. The highest BCUT2D eigenvalue weighted by atomic mass is 16.5. The molecule has 8 heteroatoms. The third kappa shape index (κ3) is 3.23. The molecule has 1 saturated heterocycles. The number of aromatic nitrogens is 3. The van der Waals surface area contributed by atoms with Gasteiger partial charge in [-0.2, -0.15) is 4.98 Å². The summed E-state index contributed by atoms with van der Waals surface area (Å²) in [5.74, 6) is 0.0802. The Kier molecular flexibility index (Phi) is 4.69. The number of ketones is 1. The normalized spacial score (nSPS) is 23.2. The second-order valence-electron chi connectivity index (χ2n) is 7.45. The second-order valence-corrected chi connectivity index (χ2v) is 7.45. The Bertz CT molecular complexity index is 951. The summed E-state index contributed by atoms with van der Waals surface area (Å²) in [5.41, 5.74) is 1.40. The second kappa shape index (κ2) is 7.01. The summed E-state index contributed by atoms with van der Waals surface area (Å²) in [6.07, 6.45) is 2.88. The zero-order valence-corrected chi connectivity index (χ0v) is 15.6. The lowest BCUT2D eigenvalue weighted by atomic mass is 9.92. The number of aliphatic hydroxyl groups is 1. The van der Waals surface area contributed by atoms with Gasteiger partial charge in [-0.3, -0.25) is 14.2 Å². The third-order valence-electron chi connectivity index (χ3n) is 5.50. The summed E-state index contributed by atoms with van der Waals surface area (Å²) in [5, 5.41) is 13.9. The number of rotatable bonds is 4. The molecular formula is C19H24N4O4. The number of pyridine rings is 1. The molecule has 2 aromatic rings. The van der Waals surface area contributed by atoms with Crippen LogP contribution in [0.15, 0.2) is 10.9 Å². The van der Waals surface area contributed by atoms with Gasteiger partial charge in [0.1, 0.15) is 11.3 Å². The van der Waals surface area contributed by atoms with E-state index in [9.17, 15) is 14.7 Å². The summed E-state index contributed by atoms with van der Waals surface area (Å²) in [6, 6.07) is 1.41. The Labute approximate surface area is 156 Å². The molecule has 1 aliphatic heterocycles. The first-order valence-corrected chi connectivity index (χ1v) is 9.43. The molecule has 2 aliphatic rings. The van der Waals surface area contributed by atoms with Crippen LogP contribution in [0.5, 0.6) is 0 Å². The molecule has 2 atom stereocenters. The molecule has 3 heterocycles. The molecule has 0 bridgehead atoms. The first kappa shape index (κ1) is 18.1. The van der Waals surface area contributed by atoms with Crippen LogP contribution in [-0.2, 0) is 4.74 Å². The fraction of sp³-hybridized carbons (Fsp3) is 0.579. The minimum Gasteiger partial charge on any atom is -0.389 e. The quantitative estimate of drug-likeness (QED) is 0.785. The number of carbonyl (C=O) groups is 1. The minimum atomic E-state index is -0.676. The van der Waals surface area contributed by atoms with Gasteiger partial charge < -0.3 is 15.2 Å². The molecular weight excluding hydrogens is 348 g/mol. The molecule has 27 heavy (non-hydrogen) atoms. The van der Waals surface area contributed by atoms with Crippen LogP contribution in [0.1, 0.15) is 54.7 Å². The Morgan fingerprint density at radius 1 is 1.33 bits per heavy atom. The average molecular weight is 372 g/mol. The molecule has 0 amide bonds. The van der Waals surface area contributed by atoms with E-state index < -0.39 is 6.10 Å². The van der Waals surface area contributed by atoms with Crippen LogP contribution >= 0.6 is 0 Å². The number of Topliss-reactive ketones (excluding diaryl/α,β-unsaturated/α-hetero) is 1. The van der Waals surface area contributed by atoms with Crippen molar-refractivity contribution in [2.75, 3.05) is 18.5 Å². The van der Waals surface area contributed by atoms with Crippen LogP contribution in [0.3, 0.4) is 0 Å². The van der Waals surface area contributed by atoms with Crippen molar-refractivity contribution in [1.29, 1.82) is 0 Å². The molecule has 2 aromatic heterocycles. The number of nitrogens with zero attached hydrogens (tertiary/aromatic N) is 3. The summed E-state index contributed by atoms with van der Waals surface area (Å²) < 4.78 is 6.96. The van der Waals surface area contributed by atoms with E-state index in [1.807, 2.05) is 0 Å². The lowest BCUT2D eigenvalue weighted by Crippen LogP contribution is -2.42. The number of ether oxygens (including phenoxy) is 1. The zero-order chi connectivity index (χ0) is 19.1. The Morgan fingerprint density at radius 3 is 2.74 bits per heavy atom. The molecule has 1 saturated carbocycles. The number of carbonyl (C=O) groups excluding carboxylic acids is 1. The first-order chi connectivity index (χ1) is 13.0. The topological polar surface area (TPSA) is 106 Å². The molecule has 2 N–H and O–H groups in total. The number of aryl methyl sites for hydroxylation is 1. The van der Waals surface area contributed by atoms with Crippen molar-refractivity contribution in [3.05, 3.63) is 27.7 Å². The van der Waals surface area contributed by atoms with Gasteiger partial charge in [-0.15, -0.1) is 0 Å². The van der Waals surface area contributed by atoms with Gasteiger partial charge in [0.2, 0.25) is 5.95 Å². The van der Waals surface area contributed by atoms with Crippen molar-refractivity contribution in [2.24, 2.45) is 0 Å². The highest BCUT2D eigenvalue weighted by molar-refractivity contribution is 6.05. The number of nitrogens with one attached hydrogen (secondary N) is 1. The number of anilines is 1. The molecule has 0 radical (unpaired) electrons. The summed E-state index contributed by atoms with van der Waals surface area (Å²) in [7, 11) is 0. The van der Waals surface area contributed by atoms with Crippen molar-refractivity contribution in [3.8, 4) is 0 Å². The van der Waals surface area contributed by atoms with Crippen LogP contribution in [0, 0.1) is 6.92 Å². The maximum atomic E-state index is 12.7. The summed E-state index contributed by atoms with van der Waals surface area (Å²) >= 11 is 0.